The summed E-state index contributed by atoms with van der Waals surface area (Å²) in [5.41, 5.74) is 1.46. The standard InChI is InChI=1S/C18H21N3O5S/c1-4-20(27(25,26)17-10-13(2)8-9-14(17)3)12-18(22)19-15-6-5-7-16(11-15)21(23)24/h5-11H,4,12H2,1-3H3,(H,19,22). The van der Waals surface area contributed by atoms with E-state index in [0.717, 1.165) is 9.87 Å². The van der Waals surface area contributed by atoms with Gasteiger partial charge in [0.1, 0.15) is 0 Å². The number of hydrogen-bond donors (Lipinski definition) is 1. The third kappa shape index (κ3) is 4.89. The zero-order valence-corrected chi connectivity index (χ0v) is 16.1. The van der Waals surface area contributed by atoms with Crippen LogP contribution in [0.25, 0.3) is 0 Å². The van der Waals surface area contributed by atoms with E-state index in [1.54, 1.807) is 32.9 Å². The molecule has 2 rings (SSSR count). The van der Waals surface area contributed by atoms with Gasteiger partial charge in [-0.05, 0) is 37.1 Å². The fourth-order valence-electron chi connectivity index (χ4n) is 2.55. The van der Waals surface area contributed by atoms with Gasteiger partial charge in [0.15, 0.2) is 0 Å². The van der Waals surface area contributed by atoms with Crippen LogP contribution in [-0.4, -0.2) is 36.6 Å². The van der Waals surface area contributed by atoms with Gasteiger partial charge in [0.25, 0.3) is 5.69 Å². The van der Waals surface area contributed by atoms with Crippen molar-refractivity contribution >= 4 is 27.3 Å². The molecule has 0 atom stereocenters. The van der Waals surface area contributed by atoms with Gasteiger partial charge < -0.3 is 5.32 Å². The van der Waals surface area contributed by atoms with Crippen molar-refractivity contribution in [2.75, 3.05) is 18.4 Å². The van der Waals surface area contributed by atoms with Gasteiger partial charge in [0, 0.05) is 24.4 Å². The highest BCUT2D eigenvalue weighted by Crippen LogP contribution is 2.22. The van der Waals surface area contributed by atoms with Crippen LogP contribution in [0.4, 0.5) is 11.4 Å². The highest BCUT2D eigenvalue weighted by molar-refractivity contribution is 7.89. The van der Waals surface area contributed by atoms with E-state index < -0.39 is 27.4 Å². The van der Waals surface area contributed by atoms with Gasteiger partial charge in [-0.25, -0.2) is 8.42 Å². The molecule has 8 nitrogen and oxygen atoms in total. The number of aryl methyl sites for hydroxylation is 2. The highest BCUT2D eigenvalue weighted by atomic mass is 32.2. The number of rotatable bonds is 7. The van der Waals surface area contributed by atoms with E-state index in [0.29, 0.717) is 5.56 Å². The third-order valence-electron chi connectivity index (χ3n) is 3.97. The van der Waals surface area contributed by atoms with Crippen LogP contribution < -0.4 is 5.32 Å². The van der Waals surface area contributed by atoms with Crippen molar-refractivity contribution in [3.05, 3.63) is 63.7 Å². The Morgan fingerprint density at radius 2 is 1.89 bits per heavy atom. The first-order valence-electron chi connectivity index (χ1n) is 8.27. The summed E-state index contributed by atoms with van der Waals surface area (Å²) in [5.74, 6) is -0.578. The molecule has 9 heteroatoms. The Balaban J connectivity index is 2.20. The lowest BCUT2D eigenvalue weighted by Crippen LogP contribution is -2.38. The molecule has 0 saturated heterocycles. The molecule has 0 radical (unpaired) electrons. The van der Waals surface area contributed by atoms with Crippen LogP contribution in [0, 0.1) is 24.0 Å². The number of nitrogens with one attached hydrogen (secondary N) is 1. The predicted octanol–water partition coefficient (Wildman–Crippen LogP) is 2.86. The molecule has 0 aromatic heterocycles. The first-order valence-corrected chi connectivity index (χ1v) is 9.71. The molecule has 0 fully saturated rings. The quantitative estimate of drug-likeness (QED) is 0.576. The summed E-state index contributed by atoms with van der Waals surface area (Å²) in [7, 11) is -3.85. The van der Waals surface area contributed by atoms with Gasteiger partial charge in [0.05, 0.1) is 16.4 Å². The van der Waals surface area contributed by atoms with Crippen LogP contribution in [0.5, 0.6) is 0 Å². The summed E-state index contributed by atoms with van der Waals surface area (Å²) >= 11 is 0. The molecule has 0 unspecified atom stereocenters. The van der Waals surface area contributed by atoms with E-state index >= 15 is 0 Å². The lowest BCUT2D eigenvalue weighted by molar-refractivity contribution is -0.384. The average molecular weight is 391 g/mol. The maximum absolute atomic E-state index is 12.9. The van der Waals surface area contributed by atoms with E-state index in [9.17, 15) is 23.3 Å². The first kappa shape index (κ1) is 20.5. The number of anilines is 1. The number of benzene rings is 2. The number of nitro groups is 1. The van der Waals surface area contributed by atoms with Gasteiger partial charge in [-0.15, -0.1) is 0 Å². The third-order valence-corrected chi connectivity index (χ3v) is 6.04. The van der Waals surface area contributed by atoms with Crippen LogP contribution in [0.3, 0.4) is 0 Å². The molecule has 2 aromatic carbocycles. The first-order chi connectivity index (χ1) is 12.6. The van der Waals surface area contributed by atoms with Crippen molar-refractivity contribution in [2.45, 2.75) is 25.7 Å². The number of amides is 1. The highest BCUT2D eigenvalue weighted by Gasteiger charge is 2.27. The molecule has 2 aromatic rings. The molecule has 0 heterocycles. The molecule has 27 heavy (non-hydrogen) atoms. The van der Waals surface area contributed by atoms with E-state index in [1.807, 2.05) is 6.07 Å². The normalized spacial score (nSPS) is 11.4. The van der Waals surface area contributed by atoms with Crippen molar-refractivity contribution in [3.8, 4) is 0 Å². The Labute approximate surface area is 158 Å². The van der Waals surface area contributed by atoms with Crippen molar-refractivity contribution < 1.29 is 18.1 Å². The fraction of sp³-hybridized carbons (Fsp3) is 0.278. The Morgan fingerprint density at radius 3 is 2.52 bits per heavy atom. The van der Waals surface area contributed by atoms with E-state index in [2.05, 4.69) is 5.32 Å². The molecule has 0 aliphatic heterocycles. The number of likely N-dealkylation sites (N-methyl/N-ethyl adjacent to an activating group) is 1. The fourth-order valence-corrected chi connectivity index (χ4v) is 4.26. The van der Waals surface area contributed by atoms with Gasteiger partial charge in [-0.2, -0.15) is 4.31 Å². The summed E-state index contributed by atoms with van der Waals surface area (Å²) in [6, 6.07) is 10.6. The molecular formula is C18H21N3O5S. The van der Waals surface area contributed by atoms with Crippen molar-refractivity contribution in [1.82, 2.24) is 4.31 Å². The zero-order chi connectivity index (χ0) is 20.2. The zero-order valence-electron chi connectivity index (χ0n) is 15.3. The van der Waals surface area contributed by atoms with Crippen molar-refractivity contribution in [3.63, 3.8) is 0 Å². The molecular weight excluding hydrogens is 370 g/mol. The van der Waals surface area contributed by atoms with Crippen LogP contribution in [0.1, 0.15) is 18.1 Å². The smallest absolute Gasteiger partial charge is 0.271 e. The molecule has 0 spiro atoms. The van der Waals surface area contributed by atoms with Crippen molar-refractivity contribution in [1.29, 1.82) is 0 Å². The van der Waals surface area contributed by atoms with Gasteiger partial charge in [-0.1, -0.05) is 25.1 Å². The average Bonchev–Trinajstić information content (AvgIpc) is 2.61. The number of non-ortho nitro benzene ring substituents is 1. The second-order valence-electron chi connectivity index (χ2n) is 6.06. The Hall–Kier alpha value is -2.78. The molecule has 1 amide bonds. The summed E-state index contributed by atoms with van der Waals surface area (Å²) in [6.07, 6.45) is 0. The Kier molecular flexibility index (Phi) is 6.29. The molecule has 0 bridgehead atoms. The van der Waals surface area contributed by atoms with Gasteiger partial charge >= 0.3 is 0 Å². The topological polar surface area (TPSA) is 110 Å². The molecule has 0 aliphatic rings. The van der Waals surface area contributed by atoms with Crippen molar-refractivity contribution in [2.24, 2.45) is 0 Å². The van der Waals surface area contributed by atoms with Crippen LogP contribution in [0.2, 0.25) is 0 Å². The summed E-state index contributed by atoms with van der Waals surface area (Å²) in [5, 5.41) is 13.3. The Bertz CT molecular complexity index is 973. The second kappa shape index (κ2) is 8.28. The summed E-state index contributed by atoms with van der Waals surface area (Å²) in [4.78, 5) is 22.7. The maximum Gasteiger partial charge on any atom is 0.271 e. The molecule has 0 aliphatic carbocycles. The monoisotopic (exact) mass is 391 g/mol. The number of nitrogens with zero attached hydrogens (tertiary/aromatic N) is 2. The van der Waals surface area contributed by atoms with E-state index in [1.165, 1.54) is 24.3 Å². The minimum absolute atomic E-state index is 0.109. The van der Waals surface area contributed by atoms with Gasteiger partial charge in [-0.3, -0.25) is 14.9 Å². The lowest BCUT2D eigenvalue weighted by Gasteiger charge is -2.21. The number of sulfonamides is 1. The van der Waals surface area contributed by atoms with Crippen LogP contribution in [0.15, 0.2) is 47.4 Å². The second-order valence-corrected chi connectivity index (χ2v) is 7.96. The number of carbonyl (C=O) groups is 1. The van der Waals surface area contributed by atoms with Crippen LogP contribution >= 0.6 is 0 Å². The SMILES string of the molecule is CCN(CC(=O)Nc1cccc([N+](=O)[O-])c1)S(=O)(=O)c1cc(C)ccc1C. The number of nitro benzene ring substituents is 1. The molecule has 144 valence electrons. The number of carbonyl (C=O) groups excluding carboxylic acids is 1. The summed E-state index contributed by atoms with van der Waals surface area (Å²) in [6.45, 7) is 4.85. The van der Waals surface area contributed by atoms with E-state index in [4.69, 9.17) is 0 Å². The van der Waals surface area contributed by atoms with E-state index in [-0.39, 0.29) is 22.8 Å². The maximum atomic E-state index is 12.9. The lowest BCUT2D eigenvalue weighted by atomic mass is 10.2. The van der Waals surface area contributed by atoms with Gasteiger partial charge in [0.2, 0.25) is 15.9 Å². The Morgan fingerprint density at radius 1 is 1.19 bits per heavy atom. The molecule has 0 saturated carbocycles. The number of hydrogen-bond acceptors (Lipinski definition) is 5. The summed E-state index contributed by atoms with van der Waals surface area (Å²) < 4.78 is 26.9. The van der Waals surface area contributed by atoms with Crippen LogP contribution in [-0.2, 0) is 14.8 Å². The minimum Gasteiger partial charge on any atom is -0.325 e. The largest absolute Gasteiger partial charge is 0.325 e. The predicted molar refractivity (Wildman–Crippen MR) is 102 cm³/mol. The minimum atomic E-state index is -3.85. The molecule has 1 N–H and O–H groups in total.